The second-order valence-corrected chi connectivity index (χ2v) is 4.42. The van der Waals surface area contributed by atoms with E-state index in [1.54, 1.807) is 6.33 Å². The Morgan fingerprint density at radius 1 is 1.47 bits per heavy atom. The van der Waals surface area contributed by atoms with Crippen molar-refractivity contribution in [3.63, 3.8) is 0 Å². The Hall–Kier alpha value is -1.32. The van der Waals surface area contributed by atoms with E-state index in [1.807, 2.05) is 0 Å². The highest BCUT2D eigenvalue weighted by molar-refractivity contribution is 5.78. The number of aromatic nitrogens is 2. The van der Waals surface area contributed by atoms with Crippen molar-refractivity contribution in [2.45, 2.75) is 38.1 Å². The van der Waals surface area contributed by atoms with Crippen molar-refractivity contribution in [1.82, 2.24) is 14.9 Å². The second-order valence-electron chi connectivity index (χ2n) is 4.42. The summed E-state index contributed by atoms with van der Waals surface area (Å²) < 4.78 is 0. The molecule has 1 aliphatic carbocycles. The number of carbonyl (C=O) groups is 1. The Balaban J connectivity index is 1.78. The van der Waals surface area contributed by atoms with Gasteiger partial charge in [-0.15, -0.1) is 0 Å². The topological polar surface area (TPSA) is 49.0 Å². The first kappa shape index (κ1) is 8.95. The van der Waals surface area contributed by atoms with Crippen LogP contribution in [0, 0.1) is 0 Å². The van der Waals surface area contributed by atoms with Crippen LogP contribution in [0.15, 0.2) is 6.33 Å². The van der Waals surface area contributed by atoms with Gasteiger partial charge in [0.25, 0.3) is 0 Å². The number of hydrogen-bond donors (Lipinski definition) is 1. The van der Waals surface area contributed by atoms with E-state index in [0.717, 1.165) is 38.6 Å². The van der Waals surface area contributed by atoms with Gasteiger partial charge in [-0.1, -0.05) is 0 Å². The highest BCUT2D eigenvalue weighted by Gasteiger charge is 2.31. The number of rotatable bonds is 1. The SMILES string of the molecule is O=C1CCCN1C1CCc2nc[nH]c2C1. The van der Waals surface area contributed by atoms with Gasteiger partial charge >= 0.3 is 0 Å². The summed E-state index contributed by atoms with van der Waals surface area (Å²) in [6.45, 7) is 0.951. The number of likely N-dealkylation sites (tertiary alicyclic amines) is 1. The summed E-state index contributed by atoms with van der Waals surface area (Å²) in [4.78, 5) is 21.1. The van der Waals surface area contributed by atoms with Crippen LogP contribution in [-0.4, -0.2) is 33.4 Å². The largest absolute Gasteiger partial charge is 0.348 e. The number of imidazole rings is 1. The Labute approximate surface area is 88.7 Å². The standard InChI is InChI=1S/C11H15N3O/c15-11-2-1-5-14(11)8-3-4-9-10(6-8)13-7-12-9/h7-8H,1-6H2,(H,12,13). The van der Waals surface area contributed by atoms with Crippen LogP contribution in [0.2, 0.25) is 0 Å². The molecular weight excluding hydrogens is 190 g/mol. The molecular formula is C11H15N3O. The normalized spacial score (nSPS) is 25.7. The fraction of sp³-hybridized carbons (Fsp3) is 0.636. The van der Waals surface area contributed by atoms with Gasteiger partial charge in [0.05, 0.1) is 12.0 Å². The monoisotopic (exact) mass is 205 g/mol. The fourth-order valence-electron chi connectivity index (χ4n) is 2.70. The van der Waals surface area contributed by atoms with Gasteiger partial charge in [0.1, 0.15) is 0 Å². The molecule has 0 aromatic carbocycles. The first-order valence-corrected chi connectivity index (χ1v) is 5.65. The molecule has 1 fully saturated rings. The molecule has 1 atom stereocenters. The van der Waals surface area contributed by atoms with Gasteiger partial charge in [0.15, 0.2) is 0 Å². The Morgan fingerprint density at radius 3 is 3.20 bits per heavy atom. The molecule has 1 N–H and O–H groups in total. The van der Waals surface area contributed by atoms with Crippen LogP contribution in [-0.2, 0) is 17.6 Å². The number of nitrogens with zero attached hydrogens (tertiary/aromatic N) is 2. The third kappa shape index (κ3) is 1.44. The summed E-state index contributed by atoms with van der Waals surface area (Å²) in [5, 5.41) is 0. The molecule has 0 radical (unpaired) electrons. The molecule has 1 aliphatic heterocycles. The van der Waals surface area contributed by atoms with E-state index in [9.17, 15) is 4.79 Å². The van der Waals surface area contributed by atoms with Crippen LogP contribution in [0.3, 0.4) is 0 Å². The first-order valence-electron chi connectivity index (χ1n) is 5.65. The molecule has 1 amide bonds. The molecule has 4 nitrogen and oxygen atoms in total. The highest BCUT2D eigenvalue weighted by Crippen LogP contribution is 2.25. The minimum Gasteiger partial charge on any atom is -0.348 e. The number of nitrogens with one attached hydrogen (secondary N) is 1. The van der Waals surface area contributed by atoms with Crippen molar-refractivity contribution in [2.24, 2.45) is 0 Å². The van der Waals surface area contributed by atoms with E-state index in [1.165, 1.54) is 11.4 Å². The van der Waals surface area contributed by atoms with E-state index in [2.05, 4.69) is 14.9 Å². The van der Waals surface area contributed by atoms with E-state index in [4.69, 9.17) is 0 Å². The average molecular weight is 205 g/mol. The number of aryl methyl sites for hydroxylation is 1. The molecule has 0 spiro atoms. The van der Waals surface area contributed by atoms with Crippen LogP contribution in [0.4, 0.5) is 0 Å². The minimum absolute atomic E-state index is 0.336. The summed E-state index contributed by atoms with van der Waals surface area (Å²) in [5.41, 5.74) is 2.42. The highest BCUT2D eigenvalue weighted by atomic mass is 16.2. The molecule has 3 rings (SSSR count). The maximum absolute atomic E-state index is 11.6. The van der Waals surface area contributed by atoms with Gasteiger partial charge in [-0.05, 0) is 19.3 Å². The lowest BCUT2D eigenvalue weighted by molar-refractivity contribution is -0.129. The predicted molar refractivity (Wildman–Crippen MR) is 55.3 cm³/mol. The first-order chi connectivity index (χ1) is 7.34. The van der Waals surface area contributed by atoms with Crippen LogP contribution in [0.5, 0.6) is 0 Å². The van der Waals surface area contributed by atoms with Gasteiger partial charge in [-0.3, -0.25) is 4.79 Å². The summed E-state index contributed by atoms with van der Waals surface area (Å²) in [7, 11) is 0. The van der Waals surface area contributed by atoms with Crippen LogP contribution in [0.25, 0.3) is 0 Å². The predicted octanol–water partition coefficient (Wildman–Crippen LogP) is 0.889. The molecule has 80 valence electrons. The fourth-order valence-corrected chi connectivity index (χ4v) is 2.70. The molecule has 2 heterocycles. The molecule has 1 aromatic heterocycles. The van der Waals surface area contributed by atoms with Gasteiger partial charge in [0.2, 0.25) is 5.91 Å². The van der Waals surface area contributed by atoms with Gasteiger partial charge in [0, 0.05) is 31.1 Å². The third-order valence-electron chi connectivity index (χ3n) is 3.51. The quantitative estimate of drug-likeness (QED) is 0.740. The van der Waals surface area contributed by atoms with Crippen LogP contribution in [0.1, 0.15) is 30.7 Å². The lowest BCUT2D eigenvalue weighted by Gasteiger charge is -2.30. The van der Waals surface area contributed by atoms with Crippen molar-refractivity contribution in [2.75, 3.05) is 6.54 Å². The number of aromatic amines is 1. The van der Waals surface area contributed by atoms with Crippen LogP contribution >= 0.6 is 0 Å². The zero-order chi connectivity index (χ0) is 10.3. The summed E-state index contributed by atoms with van der Waals surface area (Å²) in [6.07, 6.45) is 6.58. The Morgan fingerprint density at radius 2 is 2.40 bits per heavy atom. The van der Waals surface area contributed by atoms with E-state index in [-0.39, 0.29) is 0 Å². The van der Waals surface area contributed by atoms with Gasteiger partial charge in [-0.2, -0.15) is 0 Å². The van der Waals surface area contributed by atoms with Crippen LogP contribution < -0.4 is 0 Å². The van der Waals surface area contributed by atoms with Crippen molar-refractivity contribution in [3.05, 3.63) is 17.7 Å². The summed E-state index contributed by atoms with van der Waals surface area (Å²) in [5.74, 6) is 0.336. The number of carbonyl (C=O) groups excluding carboxylic acids is 1. The summed E-state index contributed by atoms with van der Waals surface area (Å²) in [6, 6.07) is 0.410. The molecule has 15 heavy (non-hydrogen) atoms. The zero-order valence-corrected chi connectivity index (χ0v) is 8.70. The summed E-state index contributed by atoms with van der Waals surface area (Å²) >= 11 is 0. The van der Waals surface area contributed by atoms with Gasteiger partial charge < -0.3 is 9.88 Å². The Bertz CT molecular complexity index is 385. The van der Waals surface area contributed by atoms with Gasteiger partial charge in [-0.25, -0.2) is 4.98 Å². The second kappa shape index (κ2) is 3.36. The molecule has 1 unspecified atom stereocenters. The maximum atomic E-state index is 11.6. The van der Waals surface area contributed by atoms with Crippen molar-refractivity contribution < 1.29 is 4.79 Å². The molecule has 0 bridgehead atoms. The zero-order valence-electron chi connectivity index (χ0n) is 8.70. The smallest absolute Gasteiger partial charge is 0.222 e. The minimum atomic E-state index is 0.336. The molecule has 4 heteroatoms. The van der Waals surface area contributed by atoms with E-state index < -0.39 is 0 Å². The molecule has 0 saturated carbocycles. The van der Waals surface area contributed by atoms with E-state index in [0.29, 0.717) is 11.9 Å². The number of hydrogen-bond acceptors (Lipinski definition) is 2. The lowest BCUT2D eigenvalue weighted by atomic mass is 9.95. The molecule has 2 aliphatic rings. The third-order valence-corrected chi connectivity index (χ3v) is 3.51. The van der Waals surface area contributed by atoms with Crippen molar-refractivity contribution in [1.29, 1.82) is 0 Å². The molecule has 1 saturated heterocycles. The van der Waals surface area contributed by atoms with Crippen molar-refractivity contribution in [3.8, 4) is 0 Å². The maximum Gasteiger partial charge on any atom is 0.222 e. The number of amides is 1. The average Bonchev–Trinajstić information content (AvgIpc) is 2.84. The Kier molecular flexibility index (Phi) is 2.01. The van der Waals surface area contributed by atoms with Crippen molar-refractivity contribution >= 4 is 5.91 Å². The number of fused-ring (bicyclic) bond motifs is 1. The lowest BCUT2D eigenvalue weighted by Crippen LogP contribution is -2.40. The number of H-pyrrole nitrogens is 1. The molecule has 1 aromatic rings. The van der Waals surface area contributed by atoms with E-state index >= 15 is 0 Å².